The third kappa shape index (κ3) is 2.90. The predicted octanol–water partition coefficient (Wildman–Crippen LogP) is 3.21. The molecule has 17 heavy (non-hydrogen) atoms. The molecule has 3 heteroatoms. The van der Waals surface area contributed by atoms with Gasteiger partial charge in [0.05, 0.1) is 11.9 Å². The zero-order valence-corrected chi connectivity index (χ0v) is 11.0. The van der Waals surface area contributed by atoms with Gasteiger partial charge in [-0.3, -0.25) is 0 Å². The Morgan fingerprint density at radius 1 is 1.29 bits per heavy atom. The molecule has 0 radical (unpaired) electrons. The average Bonchev–Trinajstić information content (AvgIpc) is 2.29. The summed E-state index contributed by atoms with van der Waals surface area (Å²) in [6.45, 7) is 6.72. The van der Waals surface area contributed by atoms with Crippen molar-refractivity contribution >= 4 is 11.5 Å². The smallest absolute Gasteiger partial charge is 0.126 e. The van der Waals surface area contributed by atoms with Crippen molar-refractivity contribution in [2.24, 2.45) is 11.8 Å². The second-order valence-corrected chi connectivity index (χ2v) is 5.54. The summed E-state index contributed by atoms with van der Waals surface area (Å²) in [6.07, 6.45) is 5.54. The first-order valence-electron chi connectivity index (χ1n) is 6.55. The molecule has 1 heterocycles. The molecule has 3 unspecified atom stereocenters. The molecule has 0 spiro atoms. The second kappa shape index (κ2) is 4.94. The molecule has 2 rings (SSSR count). The number of nitrogens with zero attached hydrogens (tertiary/aromatic N) is 1. The Kier molecular flexibility index (Phi) is 3.55. The highest BCUT2D eigenvalue weighted by Gasteiger charge is 2.24. The Labute approximate surface area is 104 Å². The molecule has 0 bridgehead atoms. The fourth-order valence-electron chi connectivity index (χ4n) is 2.53. The van der Waals surface area contributed by atoms with Crippen LogP contribution in [0.15, 0.2) is 12.3 Å². The summed E-state index contributed by atoms with van der Waals surface area (Å²) in [5, 5.41) is 3.53. The maximum atomic E-state index is 5.77. The van der Waals surface area contributed by atoms with Crippen LogP contribution >= 0.6 is 0 Å². The molecule has 0 amide bonds. The van der Waals surface area contributed by atoms with Crippen molar-refractivity contribution in [3.8, 4) is 0 Å². The number of hydrogen-bond donors (Lipinski definition) is 2. The normalized spacial score (nSPS) is 29.0. The number of rotatable bonds is 2. The van der Waals surface area contributed by atoms with Crippen LogP contribution in [0.3, 0.4) is 0 Å². The number of aromatic nitrogens is 1. The molecule has 94 valence electrons. The van der Waals surface area contributed by atoms with E-state index in [-0.39, 0.29) is 0 Å². The van der Waals surface area contributed by atoms with Gasteiger partial charge in [-0.1, -0.05) is 13.8 Å². The van der Waals surface area contributed by atoms with E-state index in [9.17, 15) is 0 Å². The van der Waals surface area contributed by atoms with Crippen LogP contribution in [-0.2, 0) is 0 Å². The molecule has 3 atom stereocenters. The van der Waals surface area contributed by atoms with Gasteiger partial charge in [-0.25, -0.2) is 4.98 Å². The largest absolute Gasteiger partial charge is 0.397 e. The van der Waals surface area contributed by atoms with Gasteiger partial charge >= 0.3 is 0 Å². The first kappa shape index (κ1) is 12.2. The molecule has 3 N–H and O–H groups in total. The van der Waals surface area contributed by atoms with E-state index in [4.69, 9.17) is 5.73 Å². The molecule has 1 aromatic heterocycles. The number of nitrogens with two attached hydrogens (primary N) is 1. The van der Waals surface area contributed by atoms with Crippen molar-refractivity contribution in [2.45, 2.75) is 46.1 Å². The topological polar surface area (TPSA) is 50.9 Å². The van der Waals surface area contributed by atoms with E-state index in [1.54, 1.807) is 6.20 Å². The molecule has 3 nitrogen and oxygen atoms in total. The number of aryl methyl sites for hydroxylation is 1. The van der Waals surface area contributed by atoms with Gasteiger partial charge in [0.25, 0.3) is 0 Å². The molecule has 1 aliphatic carbocycles. The summed E-state index contributed by atoms with van der Waals surface area (Å²) >= 11 is 0. The summed E-state index contributed by atoms with van der Waals surface area (Å²) in [7, 11) is 0. The lowest BCUT2D eigenvalue weighted by Gasteiger charge is -2.32. The van der Waals surface area contributed by atoms with Crippen LogP contribution in [0.2, 0.25) is 0 Å². The summed E-state index contributed by atoms with van der Waals surface area (Å²) < 4.78 is 0. The van der Waals surface area contributed by atoms with Gasteiger partial charge in [0.2, 0.25) is 0 Å². The van der Waals surface area contributed by atoms with Crippen LogP contribution in [0.25, 0.3) is 0 Å². The Hall–Kier alpha value is -1.25. The first-order valence-corrected chi connectivity index (χ1v) is 6.55. The number of nitrogens with one attached hydrogen (secondary N) is 1. The highest BCUT2D eigenvalue weighted by molar-refractivity contribution is 5.51. The lowest BCUT2D eigenvalue weighted by molar-refractivity contribution is 0.260. The molecule has 0 aromatic carbocycles. The summed E-state index contributed by atoms with van der Waals surface area (Å²) in [6, 6.07) is 2.61. The van der Waals surface area contributed by atoms with Crippen molar-refractivity contribution in [3.05, 3.63) is 17.8 Å². The van der Waals surface area contributed by atoms with Gasteiger partial charge < -0.3 is 11.1 Å². The van der Waals surface area contributed by atoms with Gasteiger partial charge in [-0.05, 0) is 49.7 Å². The summed E-state index contributed by atoms with van der Waals surface area (Å²) in [5.41, 5.74) is 7.63. The molecule has 0 saturated heterocycles. The van der Waals surface area contributed by atoms with Crippen LogP contribution in [0.4, 0.5) is 11.5 Å². The van der Waals surface area contributed by atoms with Crippen molar-refractivity contribution in [1.82, 2.24) is 4.98 Å². The number of hydrogen-bond acceptors (Lipinski definition) is 3. The SMILES string of the molecule is Cc1cc(NC2CCC(C)C(C)C2)ncc1N. The number of pyridine rings is 1. The van der Waals surface area contributed by atoms with Gasteiger partial charge in [0.15, 0.2) is 0 Å². The van der Waals surface area contributed by atoms with Crippen LogP contribution in [0.5, 0.6) is 0 Å². The van der Waals surface area contributed by atoms with E-state index in [0.717, 1.165) is 28.9 Å². The van der Waals surface area contributed by atoms with E-state index in [0.29, 0.717) is 6.04 Å². The molecule has 0 aliphatic heterocycles. The molecule has 1 fully saturated rings. The fraction of sp³-hybridized carbons (Fsp3) is 0.643. The van der Waals surface area contributed by atoms with E-state index in [2.05, 4.69) is 24.1 Å². The Morgan fingerprint density at radius 2 is 2.06 bits per heavy atom. The van der Waals surface area contributed by atoms with E-state index in [1.165, 1.54) is 19.3 Å². The summed E-state index contributed by atoms with van der Waals surface area (Å²) in [5.74, 6) is 2.62. The zero-order valence-electron chi connectivity index (χ0n) is 11.0. The Morgan fingerprint density at radius 3 is 2.71 bits per heavy atom. The lowest BCUT2D eigenvalue weighted by atomic mass is 9.79. The maximum absolute atomic E-state index is 5.77. The van der Waals surface area contributed by atoms with E-state index in [1.807, 2.05) is 13.0 Å². The lowest BCUT2D eigenvalue weighted by Crippen LogP contribution is -2.30. The van der Waals surface area contributed by atoms with Crippen molar-refractivity contribution < 1.29 is 0 Å². The highest BCUT2D eigenvalue weighted by Crippen LogP contribution is 2.30. The molecular formula is C14H23N3. The van der Waals surface area contributed by atoms with Crippen LogP contribution in [-0.4, -0.2) is 11.0 Å². The van der Waals surface area contributed by atoms with Gasteiger partial charge in [0, 0.05) is 6.04 Å². The second-order valence-electron chi connectivity index (χ2n) is 5.54. The predicted molar refractivity (Wildman–Crippen MR) is 73.0 cm³/mol. The van der Waals surface area contributed by atoms with E-state index >= 15 is 0 Å². The van der Waals surface area contributed by atoms with Gasteiger partial charge in [-0.2, -0.15) is 0 Å². The average molecular weight is 233 g/mol. The first-order chi connectivity index (χ1) is 8.06. The van der Waals surface area contributed by atoms with Crippen molar-refractivity contribution in [3.63, 3.8) is 0 Å². The van der Waals surface area contributed by atoms with Gasteiger partial charge in [-0.15, -0.1) is 0 Å². The van der Waals surface area contributed by atoms with Gasteiger partial charge in [0.1, 0.15) is 5.82 Å². The third-order valence-electron chi connectivity index (χ3n) is 4.10. The molecular weight excluding hydrogens is 210 g/mol. The van der Waals surface area contributed by atoms with Crippen LogP contribution in [0.1, 0.15) is 38.7 Å². The fourth-order valence-corrected chi connectivity index (χ4v) is 2.53. The zero-order chi connectivity index (χ0) is 12.4. The molecule has 1 saturated carbocycles. The van der Waals surface area contributed by atoms with Crippen molar-refractivity contribution in [1.29, 1.82) is 0 Å². The number of nitrogen functional groups attached to an aromatic ring is 1. The molecule has 1 aromatic rings. The maximum Gasteiger partial charge on any atom is 0.126 e. The summed E-state index contributed by atoms with van der Waals surface area (Å²) in [4.78, 5) is 4.34. The Balaban J connectivity index is 1.99. The third-order valence-corrected chi connectivity index (χ3v) is 4.10. The minimum Gasteiger partial charge on any atom is -0.397 e. The quantitative estimate of drug-likeness (QED) is 0.824. The van der Waals surface area contributed by atoms with Crippen LogP contribution < -0.4 is 11.1 Å². The Bertz CT molecular complexity index is 389. The minimum absolute atomic E-state index is 0.566. The monoisotopic (exact) mass is 233 g/mol. The van der Waals surface area contributed by atoms with E-state index < -0.39 is 0 Å². The van der Waals surface area contributed by atoms with Crippen LogP contribution in [0, 0.1) is 18.8 Å². The standard InChI is InChI=1S/C14H23N3/c1-9-4-5-12(6-10(9)2)17-14-7-11(3)13(15)8-16-14/h7-10,12H,4-6,15H2,1-3H3,(H,16,17). The van der Waals surface area contributed by atoms with Crippen molar-refractivity contribution in [2.75, 3.05) is 11.1 Å². The minimum atomic E-state index is 0.566. The highest BCUT2D eigenvalue weighted by atomic mass is 15.0. The number of anilines is 2. The molecule has 1 aliphatic rings.